The summed E-state index contributed by atoms with van der Waals surface area (Å²) in [6.45, 7) is 8.88. The van der Waals surface area contributed by atoms with E-state index in [-0.39, 0.29) is 16.8 Å². The zero-order chi connectivity index (χ0) is 22.4. The van der Waals surface area contributed by atoms with E-state index in [2.05, 4.69) is 58.3 Å². The molecule has 0 bridgehead atoms. The number of aromatic hydroxyl groups is 1. The Bertz CT molecular complexity index is 1050. The second-order valence-corrected chi connectivity index (χ2v) is 9.66. The Kier molecular flexibility index (Phi) is 5.21. The summed E-state index contributed by atoms with van der Waals surface area (Å²) < 4.78 is 14.4. The van der Waals surface area contributed by atoms with Gasteiger partial charge in [-0.2, -0.15) is 5.10 Å². The molecule has 0 atom stereocenters. The molecule has 8 heteroatoms. The van der Waals surface area contributed by atoms with E-state index in [1.54, 1.807) is 24.4 Å². The van der Waals surface area contributed by atoms with E-state index < -0.39 is 5.82 Å². The van der Waals surface area contributed by atoms with Gasteiger partial charge in [0.2, 0.25) is 0 Å². The Labute approximate surface area is 181 Å². The van der Waals surface area contributed by atoms with Gasteiger partial charge >= 0.3 is 0 Å². The summed E-state index contributed by atoms with van der Waals surface area (Å²) in [6, 6.07) is 8.33. The average molecular weight is 425 g/mol. The molecule has 1 aliphatic rings. The highest BCUT2D eigenvalue weighted by Gasteiger charge is 2.39. The van der Waals surface area contributed by atoms with Crippen molar-refractivity contribution in [3.8, 4) is 28.3 Å². The summed E-state index contributed by atoms with van der Waals surface area (Å²) in [5.41, 5.74) is 1.78. The van der Waals surface area contributed by atoms with Crippen LogP contribution in [0, 0.1) is 5.82 Å². The number of halogens is 1. The van der Waals surface area contributed by atoms with Gasteiger partial charge in [-0.25, -0.2) is 4.39 Å². The van der Waals surface area contributed by atoms with Gasteiger partial charge in [-0.1, -0.05) is 0 Å². The Morgan fingerprint density at radius 1 is 1.03 bits per heavy atom. The van der Waals surface area contributed by atoms with Crippen LogP contribution in [0.15, 0.2) is 36.5 Å². The molecule has 7 nitrogen and oxygen atoms in total. The number of anilines is 1. The van der Waals surface area contributed by atoms with Crippen molar-refractivity contribution in [1.82, 2.24) is 25.7 Å². The van der Waals surface area contributed by atoms with Gasteiger partial charge < -0.3 is 15.3 Å². The molecule has 1 saturated heterocycles. The van der Waals surface area contributed by atoms with Crippen LogP contribution < -0.4 is 10.2 Å². The Morgan fingerprint density at radius 2 is 1.74 bits per heavy atom. The number of nitrogens with one attached hydrogen (secondary N) is 2. The molecule has 0 amide bonds. The van der Waals surface area contributed by atoms with Crippen LogP contribution in [0.1, 0.15) is 40.5 Å². The van der Waals surface area contributed by atoms with Crippen molar-refractivity contribution in [2.24, 2.45) is 0 Å². The van der Waals surface area contributed by atoms with E-state index in [0.29, 0.717) is 28.6 Å². The Hall–Kier alpha value is -3.00. The second-order valence-electron chi connectivity index (χ2n) is 9.66. The highest BCUT2D eigenvalue weighted by Crippen LogP contribution is 2.35. The van der Waals surface area contributed by atoms with Crippen molar-refractivity contribution in [1.29, 1.82) is 0 Å². The first-order valence-electron chi connectivity index (χ1n) is 10.4. The highest BCUT2D eigenvalue weighted by molar-refractivity contribution is 5.74. The van der Waals surface area contributed by atoms with Crippen LogP contribution in [0.2, 0.25) is 0 Å². The van der Waals surface area contributed by atoms with Gasteiger partial charge in [0, 0.05) is 47.6 Å². The number of rotatable bonds is 4. The molecule has 3 aromatic rings. The van der Waals surface area contributed by atoms with Gasteiger partial charge in [-0.15, -0.1) is 10.2 Å². The van der Waals surface area contributed by atoms with Gasteiger partial charge in [0.05, 0.1) is 11.4 Å². The molecular weight excluding hydrogens is 395 g/mol. The molecule has 31 heavy (non-hydrogen) atoms. The molecule has 1 aliphatic heterocycles. The zero-order valence-corrected chi connectivity index (χ0v) is 18.6. The first kappa shape index (κ1) is 21.2. The lowest BCUT2D eigenvalue weighted by Gasteiger charge is -2.49. The minimum atomic E-state index is -0.536. The maximum atomic E-state index is 14.4. The monoisotopic (exact) mass is 424 g/mol. The van der Waals surface area contributed by atoms with Crippen LogP contribution in [0.25, 0.3) is 22.5 Å². The highest BCUT2D eigenvalue weighted by atomic mass is 19.1. The van der Waals surface area contributed by atoms with E-state index in [4.69, 9.17) is 0 Å². The molecule has 1 fully saturated rings. The normalized spacial score (nSPS) is 18.1. The molecule has 0 aliphatic carbocycles. The molecule has 3 heterocycles. The third-order valence-electron chi connectivity index (χ3n) is 5.88. The fraction of sp³-hybridized carbons (Fsp3) is 0.435. The molecule has 0 saturated carbocycles. The van der Waals surface area contributed by atoms with Crippen molar-refractivity contribution >= 4 is 5.82 Å². The number of H-pyrrole nitrogens is 1. The van der Waals surface area contributed by atoms with Gasteiger partial charge in [0.15, 0.2) is 5.82 Å². The summed E-state index contributed by atoms with van der Waals surface area (Å²) >= 11 is 0. The van der Waals surface area contributed by atoms with Gasteiger partial charge in [0.1, 0.15) is 11.6 Å². The fourth-order valence-corrected chi connectivity index (χ4v) is 4.77. The molecule has 1 aromatic carbocycles. The minimum Gasteiger partial charge on any atom is -0.507 e. The summed E-state index contributed by atoms with van der Waals surface area (Å²) in [7, 11) is 2.04. The lowest BCUT2D eigenvalue weighted by molar-refractivity contribution is 0.160. The first-order valence-corrected chi connectivity index (χ1v) is 10.4. The fourth-order valence-electron chi connectivity index (χ4n) is 4.77. The lowest BCUT2D eigenvalue weighted by Crippen LogP contribution is -2.62. The first-order chi connectivity index (χ1) is 14.5. The number of aromatic amines is 1. The number of benzene rings is 1. The molecule has 3 N–H and O–H groups in total. The number of aromatic nitrogens is 4. The van der Waals surface area contributed by atoms with E-state index in [9.17, 15) is 9.50 Å². The number of phenols is 1. The molecular formula is C23H29FN6O. The molecule has 0 spiro atoms. The SMILES string of the molecule is CN(c1ccc(-c2cc(-c3ccn[nH]3)c(F)cc2O)nn1)C1CC(C)(C)NC(C)(C)C1. The minimum absolute atomic E-state index is 0.0248. The van der Waals surface area contributed by atoms with Gasteiger partial charge in [0.25, 0.3) is 0 Å². The maximum Gasteiger partial charge on any atom is 0.151 e. The van der Waals surface area contributed by atoms with E-state index >= 15 is 0 Å². The lowest BCUT2D eigenvalue weighted by atomic mass is 9.79. The smallest absolute Gasteiger partial charge is 0.151 e. The van der Waals surface area contributed by atoms with E-state index in [0.717, 1.165) is 24.7 Å². The Balaban J connectivity index is 1.61. The van der Waals surface area contributed by atoms with Crippen molar-refractivity contribution in [3.05, 3.63) is 42.3 Å². The summed E-state index contributed by atoms with van der Waals surface area (Å²) in [5, 5.41) is 29.4. The number of hydrogen-bond acceptors (Lipinski definition) is 6. The summed E-state index contributed by atoms with van der Waals surface area (Å²) in [6.07, 6.45) is 3.53. The van der Waals surface area contributed by atoms with Crippen LogP contribution >= 0.6 is 0 Å². The van der Waals surface area contributed by atoms with Gasteiger partial charge in [-0.05, 0) is 64.8 Å². The molecule has 4 rings (SSSR count). The molecule has 0 unspecified atom stereocenters. The van der Waals surface area contributed by atoms with Crippen LogP contribution in [-0.4, -0.2) is 49.7 Å². The Morgan fingerprint density at radius 3 is 2.32 bits per heavy atom. The van der Waals surface area contributed by atoms with Crippen LogP contribution in [-0.2, 0) is 0 Å². The summed E-state index contributed by atoms with van der Waals surface area (Å²) in [5.74, 6) is 0.0432. The largest absolute Gasteiger partial charge is 0.507 e. The topological polar surface area (TPSA) is 90.0 Å². The third kappa shape index (κ3) is 4.39. The average Bonchev–Trinajstić information content (AvgIpc) is 3.20. The van der Waals surface area contributed by atoms with Crippen LogP contribution in [0.3, 0.4) is 0 Å². The molecule has 164 valence electrons. The quantitative estimate of drug-likeness (QED) is 0.584. The molecule has 2 aromatic heterocycles. The van der Waals surface area contributed by atoms with Crippen molar-refractivity contribution in [3.63, 3.8) is 0 Å². The number of nitrogens with zero attached hydrogens (tertiary/aromatic N) is 4. The second kappa shape index (κ2) is 7.60. The maximum absolute atomic E-state index is 14.4. The van der Waals surface area contributed by atoms with E-state index in [1.165, 1.54) is 0 Å². The van der Waals surface area contributed by atoms with E-state index in [1.807, 2.05) is 13.1 Å². The predicted molar refractivity (Wildman–Crippen MR) is 119 cm³/mol. The van der Waals surface area contributed by atoms with Crippen molar-refractivity contribution in [2.75, 3.05) is 11.9 Å². The standard InChI is InChI=1S/C23H29FN6O/c1-22(2)12-14(13-23(3,4)29-22)30(5)21-7-6-18(27-28-21)16-10-15(17(24)11-20(16)31)19-8-9-25-26-19/h6-11,14,29,31H,12-13H2,1-5H3,(H,25,26). The van der Waals surface area contributed by atoms with Crippen molar-refractivity contribution in [2.45, 2.75) is 57.7 Å². The number of hydrogen-bond donors (Lipinski definition) is 3. The van der Waals surface area contributed by atoms with Crippen LogP contribution in [0.4, 0.5) is 10.2 Å². The zero-order valence-electron chi connectivity index (χ0n) is 18.6. The van der Waals surface area contributed by atoms with Crippen LogP contribution in [0.5, 0.6) is 5.75 Å². The van der Waals surface area contributed by atoms with Gasteiger partial charge in [-0.3, -0.25) is 5.10 Å². The third-order valence-corrected chi connectivity index (χ3v) is 5.88. The summed E-state index contributed by atoms with van der Waals surface area (Å²) in [4.78, 5) is 2.17. The molecule has 0 radical (unpaired) electrons. The number of phenolic OH excluding ortho intramolecular Hbond substituents is 1. The van der Waals surface area contributed by atoms with Crippen molar-refractivity contribution < 1.29 is 9.50 Å². The number of piperidine rings is 1. The predicted octanol–water partition coefficient (Wildman–Crippen LogP) is 4.12.